The molecule has 1 aromatic heterocycles. The van der Waals surface area contributed by atoms with Gasteiger partial charge in [0.1, 0.15) is 11.6 Å². The molecular weight excluding hydrogens is 387 g/mol. The lowest BCUT2D eigenvalue weighted by Gasteiger charge is -2.28. The van der Waals surface area contributed by atoms with Crippen molar-refractivity contribution in [2.45, 2.75) is 31.7 Å². The molecule has 0 saturated carbocycles. The molecule has 8 nitrogen and oxygen atoms in total. The fourth-order valence-electron chi connectivity index (χ4n) is 3.20. The number of sulfonamides is 1. The molecule has 1 fully saturated rings. The van der Waals surface area contributed by atoms with Gasteiger partial charge in [0, 0.05) is 50.1 Å². The van der Waals surface area contributed by atoms with Crippen molar-refractivity contribution < 1.29 is 22.1 Å². The predicted molar refractivity (Wildman–Crippen MR) is 101 cm³/mol. The molecule has 0 atom stereocenters. The first-order chi connectivity index (χ1) is 13.4. The van der Waals surface area contributed by atoms with Gasteiger partial charge in [0.05, 0.1) is 13.4 Å². The summed E-state index contributed by atoms with van der Waals surface area (Å²) in [6.45, 7) is 1.91. The molecule has 0 aliphatic carbocycles. The molecular formula is C18H25FN4O4S. The number of nitrogens with zero attached hydrogens (tertiary/aromatic N) is 3. The first kappa shape index (κ1) is 20.7. The van der Waals surface area contributed by atoms with Gasteiger partial charge in [0.15, 0.2) is 5.82 Å². The summed E-state index contributed by atoms with van der Waals surface area (Å²) in [6.07, 6.45) is 3.12. The van der Waals surface area contributed by atoms with Gasteiger partial charge in [-0.1, -0.05) is 11.2 Å². The summed E-state index contributed by atoms with van der Waals surface area (Å²) in [6, 6.07) is 4.77. The number of nitrogens with one attached hydrogen (secondary N) is 1. The third kappa shape index (κ3) is 5.27. The summed E-state index contributed by atoms with van der Waals surface area (Å²) in [5.41, 5.74) is 0.560. The van der Waals surface area contributed by atoms with Crippen molar-refractivity contribution in [1.82, 2.24) is 19.8 Å². The highest BCUT2D eigenvalue weighted by molar-refractivity contribution is 7.88. The summed E-state index contributed by atoms with van der Waals surface area (Å²) in [4.78, 5) is 4.43. The summed E-state index contributed by atoms with van der Waals surface area (Å²) in [7, 11) is -1.64. The minimum absolute atomic E-state index is 0.108. The van der Waals surface area contributed by atoms with Gasteiger partial charge in [0.2, 0.25) is 15.9 Å². The maximum Gasteiger partial charge on any atom is 0.227 e. The van der Waals surface area contributed by atoms with Gasteiger partial charge >= 0.3 is 0 Å². The number of aromatic nitrogens is 2. The van der Waals surface area contributed by atoms with Crippen molar-refractivity contribution in [1.29, 1.82) is 0 Å². The summed E-state index contributed by atoms with van der Waals surface area (Å²) >= 11 is 0. The summed E-state index contributed by atoms with van der Waals surface area (Å²) in [5.74, 6) is 1.43. The molecule has 0 unspecified atom stereocenters. The van der Waals surface area contributed by atoms with Crippen LogP contribution in [0.2, 0.25) is 0 Å². The van der Waals surface area contributed by atoms with Crippen LogP contribution in [0.25, 0.3) is 0 Å². The zero-order valence-corrected chi connectivity index (χ0v) is 16.8. The Balaban J connectivity index is 1.44. The average molecular weight is 412 g/mol. The highest BCUT2D eigenvalue weighted by Gasteiger charge is 2.28. The summed E-state index contributed by atoms with van der Waals surface area (Å²) in [5, 5.41) is 7.20. The Morgan fingerprint density at radius 3 is 2.75 bits per heavy atom. The van der Waals surface area contributed by atoms with Crippen LogP contribution in [0.1, 0.15) is 36.0 Å². The van der Waals surface area contributed by atoms with E-state index >= 15 is 0 Å². The molecule has 1 N–H and O–H groups in total. The molecule has 2 heterocycles. The van der Waals surface area contributed by atoms with E-state index in [0.29, 0.717) is 68.5 Å². The van der Waals surface area contributed by atoms with E-state index in [4.69, 9.17) is 9.26 Å². The number of ether oxygens (including phenoxy) is 1. The van der Waals surface area contributed by atoms with Crippen molar-refractivity contribution in [2.24, 2.45) is 0 Å². The fourth-order valence-corrected chi connectivity index (χ4v) is 4.07. The largest absolute Gasteiger partial charge is 0.497 e. The smallest absolute Gasteiger partial charge is 0.227 e. The molecule has 1 aliphatic heterocycles. The van der Waals surface area contributed by atoms with Crippen LogP contribution in [0.15, 0.2) is 22.7 Å². The normalized spacial score (nSPS) is 16.4. The molecule has 1 aliphatic rings. The number of hydrogen-bond donors (Lipinski definition) is 1. The highest BCUT2D eigenvalue weighted by atomic mass is 32.2. The first-order valence-corrected chi connectivity index (χ1v) is 11.0. The molecule has 1 aromatic carbocycles. The number of benzene rings is 1. The monoisotopic (exact) mass is 412 g/mol. The average Bonchev–Trinajstić information content (AvgIpc) is 3.14. The lowest BCUT2D eigenvalue weighted by atomic mass is 9.97. The topological polar surface area (TPSA) is 97.6 Å². The first-order valence-electron chi connectivity index (χ1n) is 9.17. The Morgan fingerprint density at radius 2 is 2.11 bits per heavy atom. The van der Waals surface area contributed by atoms with Crippen molar-refractivity contribution in [3.63, 3.8) is 0 Å². The van der Waals surface area contributed by atoms with E-state index in [1.54, 1.807) is 12.1 Å². The van der Waals surface area contributed by atoms with E-state index in [1.165, 1.54) is 23.7 Å². The zero-order chi connectivity index (χ0) is 20.1. The van der Waals surface area contributed by atoms with Gasteiger partial charge < -0.3 is 14.6 Å². The molecule has 2 aromatic rings. The van der Waals surface area contributed by atoms with Crippen LogP contribution in [-0.2, 0) is 23.0 Å². The second kappa shape index (κ2) is 8.97. The predicted octanol–water partition coefficient (Wildman–Crippen LogP) is 1.69. The molecule has 1 saturated heterocycles. The van der Waals surface area contributed by atoms with E-state index in [-0.39, 0.29) is 11.7 Å². The SMILES string of the molecule is COc1ccc(CNCCc2nc(C3CCN(S(C)(=O)=O)CC3)no2)c(F)c1. The number of hydrogen-bond acceptors (Lipinski definition) is 7. The maximum absolute atomic E-state index is 13.9. The van der Waals surface area contributed by atoms with Crippen LogP contribution in [0.3, 0.4) is 0 Å². The Kier molecular flexibility index (Phi) is 6.63. The molecule has 0 amide bonds. The number of piperidine rings is 1. The van der Waals surface area contributed by atoms with Crippen LogP contribution < -0.4 is 10.1 Å². The third-order valence-electron chi connectivity index (χ3n) is 4.86. The van der Waals surface area contributed by atoms with E-state index in [1.807, 2.05) is 0 Å². The van der Waals surface area contributed by atoms with Crippen LogP contribution in [0.5, 0.6) is 5.75 Å². The van der Waals surface area contributed by atoms with Gasteiger partial charge in [-0.05, 0) is 18.9 Å². The van der Waals surface area contributed by atoms with E-state index in [2.05, 4.69) is 15.5 Å². The molecule has 0 radical (unpaired) electrons. The van der Waals surface area contributed by atoms with Gasteiger partial charge in [-0.15, -0.1) is 0 Å². The van der Waals surface area contributed by atoms with E-state index in [9.17, 15) is 12.8 Å². The maximum atomic E-state index is 13.9. The third-order valence-corrected chi connectivity index (χ3v) is 6.17. The Bertz CT molecular complexity index is 895. The van der Waals surface area contributed by atoms with E-state index < -0.39 is 10.0 Å². The molecule has 0 bridgehead atoms. The quantitative estimate of drug-likeness (QED) is 0.659. The lowest BCUT2D eigenvalue weighted by Crippen LogP contribution is -2.37. The number of halogens is 1. The Labute approximate surface area is 164 Å². The molecule has 154 valence electrons. The van der Waals surface area contributed by atoms with Crippen LogP contribution in [0, 0.1) is 5.82 Å². The highest BCUT2D eigenvalue weighted by Crippen LogP contribution is 2.27. The molecule has 28 heavy (non-hydrogen) atoms. The van der Waals surface area contributed by atoms with Crippen LogP contribution in [0.4, 0.5) is 4.39 Å². The molecule has 10 heteroatoms. The zero-order valence-electron chi connectivity index (χ0n) is 16.0. The van der Waals surface area contributed by atoms with Crippen molar-refractivity contribution in [3.05, 3.63) is 41.3 Å². The van der Waals surface area contributed by atoms with Crippen molar-refractivity contribution >= 4 is 10.0 Å². The van der Waals surface area contributed by atoms with E-state index in [0.717, 1.165) is 0 Å². The number of rotatable bonds is 8. The Morgan fingerprint density at radius 1 is 1.36 bits per heavy atom. The second-order valence-electron chi connectivity index (χ2n) is 6.87. The minimum atomic E-state index is -3.14. The van der Waals surface area contributed by atoms with Crippen LogP contribution in [-0.4, -0.2) is 55.9 Å². The van der Waals surface area contributed by atoms with Gasteiger partial charge in [-0.2, -0.15) is 4.98 Å². The molecule has 3 rings (SSSR count). The standard InChI is InChI=1S/C18H25FN4O4S/c1-26-15-4-3-14(16(19)11-15)12-20-8-5-17-21-18(22-27-17)13-6-9-23(10-7-13)28(2,24)25/h3-4,11,13,20H,5-10,12H2,1-2H3. The summed E-state index contributed by atoms with van der Waals surface area (Å²) < 4.78 is 48.8. The van der Waals surface area contributed by atoms with Crippen molar-refractivity contribution in [3.8, 4) is 5.75 Å². The lowest BCUT2D eigenvalue weighted by molar-refractivity contribution is 0.306. The fraction of sp³-hybridized carbons (Fsp3) is 0.556. The van der Waals surface area contributed by atoms with Gasteiger partial charge in [-0.3, -0.25) is 0 Å². The number of methoxy groups -OCH3 is 1. The second-order valence-corrected chi connectivity index (χ2v) is 8.85. The Hall–Kier alpha value is -2.04. The van der Waals surface area contributed by atoms with Crippen molar-refractivity contribution in [2.75, 3.05) is 33.0 Å². The van der Waals surface area contributed by atoms with Gasteiger partial charge in [0.25, 0.3) is 0 Å². The van der Waals surface area contributed by atoms with Gasteiger partial charge in [-0.25, -0.2) is 17.1 Å². The minimum Gasteiger partial charge on any atom is -0.497 e. The van der Waals surface area contributed by atoms with Crippen LogP contribution >= 0.6 is 0 Å². The molecule has 0 spiro atoms.